The summed E-state index contributed by atoms with van der Waals surface area (Å²) in [6.45, 7) is 0. The second-order valence-corrected chi connectivity index (χ2v) is 5.10. The largest absolute Gasteiger partial charge is 0.241 e. The van der Waals surface area contributed by atoms with Crippen LogP contribution in [0, 0.1) is 0 Å². The van der Waals surface area contributed by atoms with E-state index in [1.165, 1.54) is 0 Å². The van der Waals surface area contributed by atoms with Gasteiger partial charge in [0.1, 0.15) is 9.92 Å². The van der Waals surface area contributed by atoms with Gasteiger partial charge in [0.05, 0.1) is 10.6 Å². The third kappa shape index (κ3) is 2.48. The fourth-order valence-electron chi connectivity index (χ4n) is 1.31. The van der Waals surface area contributed by atoms with E-state index >= 15 is 0 Å². The van der Waals surface area contributed by atoms with Crippen molar-refractivity contribution in [2.75, 3.05) is 0 Å². The van der Waals surface area contributed by atoms with Crippen LogP contribution in [0.15, 0.2) is 69.9 Å². The molecule has 0 spiro atoms. The summed E-state index contributed by atoms with van der Waals surface area (Å²) in [5.74, 6) is 0. The number of hydrogen-bond acceptors (Lipinski definition) is 2. The molecule has 0 aliphatic heterocycles. The summed E-state index contributed by atoms with van der Waals surface area (Å²) in [5.41, 5.74) is 0.624. The van der Waals surface area contributed by atoms with Crippen LogP contribution in [0.4, 0.5) is 5.69 Å². The molecule has 0 heterocycles. The van der Waals surface area contributed by atoms with Gasteiger partial charge in [0.15, 0.2) is 0 Å². The standard InChI is InChI=1S/C12H12N2OS/c13-16(15,12-9-5-2-6-10-12)14-11-7-3-1-4-8-11/h1-10H,(H2,13,14,15). The van der Waals surface area contributed by atoms with Gasteiger partial charge >= 0.3 is 0 Å². The molecule has 0 bridgehead atoms. The molecule has 0 saturated carbocycles. The van der Waals surface area contributed by atoms with Gasteiger partial charge in [-0.1, -0.05) is 36.4 Å². The quantitative estimate of drug-likeness (QED) is 0.850. The van der Waals surface area contributed by atoms with Gasteiger partial charge in [0.25, 0.3) is 0 Å². The lowest BCUT2D eigenvalue weighted by molar-refractivity contribution is 0.678. The molecule has 16 heavy (non-hydrogen) atoms. The average Bonchev–Trinajstić information content (AvgIpc) is 2.31. The van der Waals surface area contributed by atoms with E-state index in [1.807, 2.05) is 24.3 Å². The monoisotopic (exact) mass is 232 g/mol. The zero-order valence-corrected chi connectivity index (χ0v) is 9.43. The summed E-state index contributed by atoms with van der Waals surface area (Å²) in [6, 6.07) is 18.0. The summed E-state index contributed by atoms with van der Waals surface area (Å²) in [7, 11) is -2.84. The summed E-state index contributed by atoms with van der Waals surface area (Å²) in [4.78, 5) is 0.541. The van der Waals surface area contributed by atoms with Crippen LogP contribution >= 0.6 is 0 Å². The summed E-state index contributed by atoms with van der Waals surface area (Å²) < 4.78 is 16.2. The third-order valence-corrected chi connectivity index (χ3v) is 3.51. The molecular weight excluding hydrogens is 220 g/mol. The molecule has 0 aromatic heterocycles. The van der Waals surface area contributed by atoms with Crippen molar-refractivity contribution < 1.29 is 4.21 Å². The first-order chi connectivity index (χ1) is 7.68. The van der Waals surface area contributed by atoms with Crippen LogP contribution in [0.5, 0.6) is 0 Å². The SMILES string of the molecule is NS(=O)(=Nc1ccccc1)c1ccccc1. The molecule has 0 aliphatic carbocycles. The van der Waals surface area contributed by atoms with E-state index in [0.29, 0.717) is 10.6 Å². The number of hydrogen-bond donors (Lipinski definition) is 1. The summed E-state index contributed by atoms with van der Waals surface area (Å²) >= 11 is 0. The predicted octanol–water partition coefficient (Wildman–Crippen LogP) is 2.72. The molecule has 2 aromatic carbocycles. The highest BCUT2D eigenvalue weighted by molar-refractivity contribution is 7.91. The second-order valence-electron chi connectivity index (χ2n) is 3.31. The van der Waals surface area contributed by atoms with E-state index in [4.69, 9.17) is 5.14 Å². The maximum atomic E-state index is 12.2. The molecule has 82 valence electrons. The normalized spacial score (nSPS) is 14.1. The van der Waals surface area contributed by atoms with E-state index in [-0.39, 0.29) is 0 Å². The molecule has 1 atom stereocenters. The Labute approximate surface area is 95.2 Å². The lowest BCUT2D eigenvalue weighted by Gasteiger charge is -2.03. The van der Waals surface area contributed by atoms with Crippen LogP contribution in [0.25, 0.3) is 0 Å². The fraction of sp³-hybridized carbons (Fsp3) is 0. The predicted molar refractivity (Wildman–Crippen MR) is 65.6 cm³/mol. The Kier molecular flexibility index (Phi) is 3.03. The molecule has 1 unspecified atom stereocenters. The van der Waals surface area contributed by atoms with Gasteiger partial charge in [-0.15, -0.1) is 0 Å². The Morgan fingerprint density at radius 3 is 1.94 bits per heavy atom. The van der Waals surface area contributed by atoms with Crippen molar-refractivity contribution in [1.82, 2.24) is 0 Å². The van der Waals surface area contributed by atoms with Crippen molar-refractivity contribution in [2.45, 2.75) is 4.90 Å². The molecule has 4 heteroatoms. The first kappa shape index (κ1) is 10.9. The zero-order valence-electron chi connectivity index (χ0n) is 8.61. The van der Waals surface area contributed by atoms with Gasteiger partial charge in [0, 0.05) is 0 Å². The first-order valence-corrected chi connectivity index (χ1v) is 6.41. The highest BCUT2D eigenvalue weighted by Crippen LogP contribution is 2.16. The number of nitrogens with zero attached hydrogens (tertiary/aromatic N) is 1. The van der Waals surface area contributed by atoms with Gasteiger partial charge in [-0.3, -0.25) is 0 Å². The zero-order chi connectivity index (χ0) is 11.4. The van der Waals surface area contributed by atoms with Crippen LogP contribution in [0.2, 0.25) is 0 Å². The minimum Gasteiger partial charge on any atom is -0.241 e. The van der Waals surface area contributed by atoms with E-state index in [1.54, 1.807) is 36.4 Å². The number of benzene rings is 2. The Balaban J connectivity index is 2.48. The topological polar surface area (TPSA) is 55.5 Å². The third-order valence-electron chi connectivity index (χ3n) is 2.08. The molecule has 3 nitrogen and oxygen atoms in total. The van der Waals surface area contributed by atoms with Gasteiger partial charge < -0.3 is 0 Å². The molecule has 0 radical (unpaired) electrons. The number of rotatable bonds is 2. The summed E-state index contributed by atoms with van der Waals surface area (Å²) in [6.07, 6.45) is 0. The minimum atomic E-state index is -2.84. The van der Waals surface area contributed by atoms with Gasteiger partial charge in [-0.25, -0.2) is 9.35 Å². The van der Waals surface area contributed by atoms with Crippen LogP contribution in [-0.2, 0) is 9.92 Å². The van der Waals surface area contributed by atoms with E-state index in [9.17, 15) is 4.21 Å². The molecule has 0 amide bonds. The lowest BCUT2D eigenvalue weighted by atomic mass is 10.3. The number of nitrogens with two attached hydrogens (primary N) is 1. The van der Waals surface area contributed by atoms with Crippen LogP contribution in [-0.4, -0.2) is 4.21 Å². The van der Waals surface area contributed by atoms with Crippen molar-refractivity contribution in [2.24, 2.45) is 9.50 Å². The van der Waals surface area contributed by atoms with Gasteiger partial charge in [-0.2, -0.15) is 4.36 Å². The van der Waals surface area contributed by atoms with E-state index in [2.05, 4.69) is 4.36 Å². The molecule has 2 N–H and O–H groups in total. The Morgan fingerprint density at radius 1 is 0.875 bits per heavy atom. The van der Waals surface area contributed by atoms with Crippen molar-refractivity contribution in [3.05, 3.63) is 60.7 Å². The van der Waals surface area contributed by atoms with Gasteiger partial charge in [-0.05, 0) is 24.3 Å². The minimum absolute atomic E-state index is 0.541. The average molecular weight is 232 g/mol. The maximum absolute atomic E-state index is 12.2. The van der Waals surface area contributed by atoms with Crippen molar-refractivity contribution in [3.8, 4) is 0 Å². The molecule has 0 fully saturated rings. The van der Waals surface area contributed by atoms with E-state index < -0.39 is 9.92 Å². The fourth-order valence-corrected chi connectivity index (χ4v) is 2.40. The first-order valence-electron chi connectivity index (χ1n) is 4.83. The van der Waals surface area contributed by atoms with Crippen molar-refractivity contribution >= 4 is 15.6 Å². The molecule has 0 saturated heterocycles. The molecule has 2 aromatic rings. The van der Waals surface area contributed by atoms with Crippen LogP contribution < -0.4 is 5.14 Å². The van der Waals surface area contributed by atoms with Crippen LogP contribution in [0.1, 0.15) is 0 Å². The Bertz CT molecular complexity index is 572. The summed E-state index contributed by atoms with van der Waals surface area (Å²) in [5, 5.41) is 5.73. The maximum Gasteiger partial charge on any atom is 0.139 e. The molecule has 0 aliphatic rings. The molecule has 2 rings (SSSR count). The molecular formula is C12H12N2OS. The Hall–Kier alpha value is -1.65. The van der Waals surface area contributed by atoms with Gasteiger partial charge in [0.2, 0.25) is 0 Å². The lowest BCUT2D eigenvalue weighted by Crippen LogP contribution is -2.11. The highest BCUT2D eigenvalue weighted by Gasteiger charge is 2.05. The second kappa shape index (κ2) is 4.47. The Morgan fingerprint density at radius 2 is 1.38 bits per heavy atom. The smallest absolute Gasteiger partial charge is 0.139 e. The van der Waals surface area contributed by atoms with Crippen LogP contribution in [0.3, 0.4) is 0 Å². The van der Waals surface area contributed by atoms with Crippen molar-refractivity contribution in [1.29, 1.82) is 0 Å². The van der Waals surface area contributed by atoms with Crippen molar-refractivity contribution in [3.63, 3.8) is 0 Å². The van der Waals surface area contributed by atoms with E-state index in [0.717, 1.165) is 0 Å². The highest BCUT2D eigenvalue weighted by atomic mass is 32.2.